The summed E-state index contributed by atoms with van der Waals surface area (Å²) in [5, 5.41) is 6.62. The van der Waals surface area contributed by atoms with Crippen molar-refractivity contribution < 1.29 is 19.1 Å². The summed E-state index contributed by atoms with van der Waals surface area (Å²) in [5.74, 6) is -0.0121. The number of amides is 1. The molecule has 0 spiro atoms. The molecule has 0 unspecified atom stereocenters. The summed E-state index contributed by atoms with van der Waals surface area (Å²) in [6, 6.07) is 16.0. The molecule has 0 saturated carbocycles. The van der Waals surface area contributed by atoms with Gasteiger partial charge < -0.3 is 25.0 Å². The largest absolute Gasteiger partial charge is 0.484 e. The molecule has 1 heterocycles. The molecule has 7 nitrogen and oxygen atoms in total. The lowest BCUT2D eigenvalue weighted by molar-refractivity contribution is -0.143. The van der Waals surface area contributed by atoms with Crippen LogP contribution in [0.25, 0.3) is 0 Å². The van der Waals surface area contributed by atoms with Gasteiger partial charge in [-0.25, -0.2) is 4.79 Å². The number of carbonyl (C=O) groups is 2. The number of anilines is 1. The summed E-state index contributed by atoms with van der Waals surface area (Å²) >= 11 is 5.52. The van der Waals surface area contributed by atoms with Crippen LogP contribution in [0.5, 0.6) is 5.75 Å². The first-order chi connectivity index (χ1) is 15.8. The van der Waals surface area contributed by atoms with Crippen LogP contribution in [0.4, 0.5) is 5.69 Å². The number of esters is 1. The van der Waals surface area contributed by atoms with Crippen molar-refractivity contribution in [2.75, 3.05) is 18.5 Å². The summed E-state index contributed by atoms with van der Waals surface area (Å²) in [6.45, 7) is 8.04. The summed E-state index contributed by atoms with van der Waals surface area (Å²) in [6.07, 6.45) is -0.238. The van der Waals surface area contributed by atoms with E-state index in [0.717, 1.165) is 11.3 Å². The third kappa shape index (κ3) is 6.10. The third-order valence-corrected chi connectivity index (χ3v) is 5.45. The molecule has 8 heteroatoms. The first-order valence-corrected chi connectivity index (χ1v) is 11.3. The Hall–Kier alpha value is -3.39. The zero-order chi connectivity index (χ0) is 24.0. The predicted octanol–water partition coefficient (Wildman–Crippen LogP) is 4.18. The number of para-hydroxylation sites is 1. The van der Waals surface area contributed by atoms with E-state index in [1.807, 2.05) is 62.9 Å². The van der Waals surface area contributed by atoms with Crippen molar-refractivity contribution in [3.63, 3.8) is 0 Å². The lowest BCUT2D eigenvalue weighted by atomic mass is 9.94. The summed E-state index contributed by atoms with van der Waals surface area (Å²) in [7, 11) is 0. The zero-order valence-corrected chi connectivity index (χ0v) is 20.1. The normalized spacial score (nSPS) is 15.8. The van der Waals surface area contributed by atoms with Crippen LogP contribution in [-0.4, -0.2) is 41.1 Å². The Balaban J connectivity index is 1.74. The highest BCUT2D eigenvalue weighted by atomic mass is 32.1. The van der Waals surface area contributed by atoms with E-state index in [1.165, 1.54) is 0 Å². The van der Waals surface area contributed by atoms with Gasteiger partial charge in [-0.05, 0) is 69.7 Å². The standard InChI is InChI=1S/C25H29N3O4S/c1-5-28-17(4)22(24(30)32-16(2)3)23(27-25(28)33)18-11-13-19(14-12-18)26-21(29)15-31-20-9-7-6-8-10-20/h6-14,16,23H,5,15H2,1-4H3,(H,26,29)(H,27,33)/t23-/m1/s1. The molecule has 174 valence electrons. The van der Waals surface area contributed by atoms with Gasteiger partial charge in [0.05, 0.1) is 17.7 Å². The fraction of sp³-hybridized carbons (Fsp3) is 0.320. The van der Waals surface area contributed by atoms with E-state index in [-0.39, 0.29) is 24.6 Å². The number of nitrogens with one attached hydrogen (secondary N) is 2. The molecule has 0 radical (unpaired) electrons. The second kappa shape index (κ2) is 11.0. The average Bonchev–Trinajstić information content (AvgIpc) is 2.78. The van der Waals surface area contributed by atoms with Gasteiger partial charge in [0.2, 0.25) is 0 Å². The van der Waals surface area contributed by atoms with E-state index < -0.39 is 6.04 Å². The van der Waals surface area contributed by atoms with Gasteiger partial charge >= 0.3 is 5.97 Å². The van der Waals surface area contributed by atoms with Crippen LogP contribution in [0.1, 0.15) is 39.3 Å². The Morgan fingerprint density at radius 2 is 1.79 bits per heavy atom. The van der Waals surface area contributed by atoms with Crippen molar-refractivity contribution in [1.29, 1.82) is 0 Å². The van der Waals surface area contributed by atoms with E-state index >= 15 is 0 Å². The van der Waals surface area contributed by atoms with Crippen molar-refractivity contribution in [1.82, 2.24) is 10.2 Å². The van der Waals surface area contributed by atoms with Crippen molar-refractivity contribution >= 4 is 34.9 Å². The molecule has 3 rings (SSSR count). The van der Waals surface area contributed by atoms with Crippen molar-refractivity contribution in [2.24, 2.45) is 0 Å². The minimum absolute atomic E-state index is 0.0931. The number of nitrogens with zero attached hydrogens (tertiary/aromatic N) is 1. The maximum absolute atomic E-state index is 12.9. The summed E-state index contributed by atoms with van der Waals surface area (Å²) < 4.78 is 11.0. The fourth-order valence-electron chi connectivity index (χ4n) is 3.58. The van der Waals surface area contributed by atoms with E-state index in [0.29, 0.717) is 28.7 Å². The first kappa shape index (κ1) is 24.3. The molecule has 1 aliphatic rings. The lowest BCUT2D eigenvalue weighted by Gasteiger charge is -2.37. The van der Waals surface area contributed by atoms with Gasteiger partial charge in [0, 0.05) is 17.9 Å². The molecule has 0 fully saturated rings. The number of benzene rings is 2. The van der Waals surface area contributed by atoms with Crippen LogP contribution >= 0.6 is 12.2 Å². The molecule has 2 aromatic rings. The van der Waals surface area contributed by atoms with Crippen molar-refractivity contribution in [3.8, 4) is 5.75 Å². The Labute approximate surface area is 199 Å². The number of allylic oxidation sites excluding steroid dienone is 1. The van der Waals surface area contributed by atoms with E-state index in [4.69, 9.17) is 21.7 Å². The Morgan fingerprint density at radius 3 is 2.39 bits per heavy atom. The number of rotatable bonds is 8. The molecule has 33 heavy (non-hydrogen) atoms. The number of carbonyl (C=O) groups excluding carboxylic acids is 2. The highest BCUT2D eigenvalue weighted by Crippen LogP contribution is 2.32. The summed E-state index contributed by atoms with van der Waals surface area (Å²) in [4.78, 5) is 27.0. The first-order valence-electron chi connectivity index (χ1n) is 10.9. The van der Waals surface area contributed by atoms with Gasteiger partial charge in [-0.3, -0.25) is 4.79 Å². The number of hydrogen-bond acceptors (Lipinski definition) is 5. The molecule has 2 aromatic carbocycles. The molecule has 1 atom stereocenters. The Kier molecular flexibility index (Phi) is 8.06. The molecule has 0 aromatic heterocycles. The van der Waals surface area contributed by atoms with Gasteiger partial charge in [0.1, 0.15) is 5.75 Å². The van der Waals surface area contributed by atoms with Gasteiger partial charge in [-0.15, -0.1) is 0 Å². The second-order valence-electron chi connectivity index (χ2n) is 7.85. The summed E-state index contributed by atoms with van der Waals surface area (Å²) in [5.41, 5.74) is 2.75. The van der Waals surface area contributed by atoms with Gasteiger partial charge in [-0.2, -0.15) is 0 Å². The number of ether oxygens (including phenoxy) is 2. The Morgan fingerprint density at radius 1 is 1.12 bits per heavy atom. The molecule has 0 aliphatic carbocycles. The van der Waals surface area contributed by atoms with Crippen LogP contribution in [0.15, 0.2) is 65.9 Å². The van der Waals surface area contributed by atoms with Crippen LogP contribution in [0.2, 0.25) is 0 Å². The second-order valence-corrected chi connectivity index (χ2v) is 8.24. The minimum Gasteiger partial charge on any atom is -0.484 e. The maximum Gasteiger partial charge on any atom is 0.338 e. The van der Waals surface area contributed by atoms with Crippen molar-refractivity contribution in [3.05, 3.63) is 71.4 Å². The molecule has 2 N–H and O–H groups in total. The third-order valence-electron chi connectivity index (χ3n) is 5.12. The minimum atomic E-state index is -0.447. The average molecular weight is 468 g/mol. The van der Waals surface area contributed by atoms with Gasteiger partial charge in [-0.1, -0.05) is 30.3 Å². The fourth-order valence-corrected chi connectivity index (χ4v) is 3.96. The quantitative estimate of drug-likeness (QED) is 0.445. The van der Waals surface area contributed by atoms with Crippen LogP contribution in [0, 0.1) is 0 Å². The van der Waals surface area contributed by atoms with Crippen molar-refractivity contribution in [2.45, 2.75) is 39.8 Å². The number of thiocarbonyl (C=S) groups is 1. The lowest BCUT2D eigenvalue weighted by Crippen LogP contribution is -2.47. The molecular formula is C25H29N3O4S. The molecule has 0 saturated heterocycles. The highest BCUT2D eigenvalue weighted by Gasteiger charge is 2.34. The van der Waals surface area contributed by atoms with Gasteiger partial charge in [0.25, 0.3) is 5.91 Å². The molecule has 0 bridgehead atoms. The smallest absolute Gasteiger partial charge is 0.338 e. The molecular weight excluding hydrogens is 438 g/mol. The topological polar surface area (TPSA) is 79.9 Å². The van der Waals surface area contributed by atoms with E-state index in [9.17, 15) is 9.59 Å². The SMILES string of the molecule is CCN1C(=S)N[C@H](c2ccc(NC(=O)COc3ccccc3)cc2)C(C(=O)OC(C)C)=C1C. The van der Waals surface area contributed by atoms with Crippen LogP contribution in [0.3, 0.4) is 0 Å². The number of hydrogen-bond donors (Lipinski definition) is 2. The van der Waals surface area contributed by atoms with Crippen LogP contribution < -0.4 is 15.4 Å². The zero-order valence-electron chi connectivity index (χ0n) is 19.3. The molecule has 1 aliphatic heterocycles. The van der Waals surface area contributed by atoms with Crippen LogP contribution in [-0.2, 0) is 14.3 Å². The highest BCUT2D eigenvalue weighted by molar-refractivity contribution is 7.80. The maximum atomic E-state index is 12.9. The predicted molar refractivity (Wildman–Crippen MR) is 132 cm³/mol. The molecule has 1 amide bonds. The van der Waals surface area contributed by atoms with E-state index in [1.54, 1.807) is 24.3 Å². The monoisotopic (exact) mass is 467 g/mol. The Bertz CT molecular complexity index is 1040. The van der Waals surface area contributed by atoms with E-state index in [2.05, 4.69) is 10.6 Å². The van der Waals surface area contributed by atoms with Gasteiger partial charge in [0.15, 0.2) is 11.7 Å².